The zero-order chi connectivity index (χ0) is 8.60. The molecule has 0 saturated heterocycles. The maximum atomic E-state index is 13.5. The van der Waals surface area contributed by atoms with Gasteiger partial charge in [0, 0.05) is 5.33 Å². The number of alkyl halides is 2. The third kappa shape index (κ3) is 1.40. The van der Waals surface area contributed by atoms with E-state index in [1.54, 1.807) is 0 Å². The van der Waals surface area contributed by atoms with Gasteiger partial charge >= 0.3 is 0 Å². The van der Waals surface area contributed by atoms with E-state index in [1.807, 2.05) is 24.3 Å². The summed E-state index contributed by atoms with van der Waals surface area (Å²) in [4.78, 5) is 0. The zero-order valence-corrected chi connectivity index (χ0v) is 8.27. The van der Waals surface area contributed by atoms with Crippen LogP contribution in [0.15, 0.2) is 24.3 Å². The van der Waals surface area contributed by atoms with Gasteiger partial charge in [-0.25, -0.2) is 4.39 Å². The number of rotatable bonds is 2. The van der Waals surface area contributed by atoms with Gasteiger partial charge in [-0.2, -0.15) is 0 Å². The van der Waals surface area contributed by atoms with Crippen LogP contribution >= 0.6 is 15.9 Å². The van der Waals surface area contributed by atoms with E-state index in [-0.39, 0.29) is 0 Å². The summed E-state index contributed by atoms with van der Waals surface area (Å²) in [7, 11) is 0. The van der Waals surface area contributed by atoms with E-state index in [0.29, 0.717) is 12.8 Å². The average molecular weight is 229 g/mol. The maximum absolute atomic E-state index is 13.5. The van der Waals surface area contributed by atoms with Crippen LogP contribution in [0.3, 0.4) is 0 Å². The lowest BCUT2D eigenvalue weighted by Crippen LogP contribution is -1.96. The summed E-state index contributed by atoms with van der Waals surface area (Å²) in [5.74, 6) is 0. The minimum absolute atomic E-state index is 0.695. The first-order valence-corrected chi connectivity index (χ1v) is 5.21. The topological polar surface area (TPSA) is 0 Å². The predicted molar refractivity (Wildman–Crippen MR) is 51.1 cm³/mol. The molecule has 0 heterocycles. The number of hydrogen-bond donors (Lipinski definition) is 0. The smallest absolute Gasteiger partial charge is 0.136 e. The molecule has 0 nitrogen and oxygen atoms in total. The maximum Gasteiger partial charge on any atom is 0.136 e. The van der Waals surface area contributed by atoms with Gasteiger partial charge in [0.15, 0.2) is 0 Å². The first kappa shape index (κ1) is 8.24. The van der Waals surface area contributed by atoms with Crippen molar-refractivity contribution in [3.63, 3.8) is 0 Å². The van der Waals surface area contributed by atoms with Gasteiger partial charge in [0.05, 0.1) is 0 Å². The van der Waals surface area contributed by atoms with Gasteiger partial charge in [-0.05, 0) is 24.0 Å². The Kier molecular flexibility index (Phi) is 1.95. The molecule has 1 aliphatic carbocycles. The summed E-state index contributed by atoms with van der Waals surface area (Å²) in [6, 6.07) is 7.74. The van der Waals surface area contributed by atoms with Crippen LogP contribution in [0.2, 0.25) is 0 Å². The van der Waals surface area contributed by atoms with Crippen molar-refractivity contribution >= 4 is 15.9 Å². The monoisotopic (exact) mass is 228 g/mol. The number of hydrogen-bond acceptors (Lipinski definition) is 0. The van der Waals surface area contributed by atoms with E-state index in [1.165, 1.54) is 5.56 Å². The summed E-state index contributed by atoms with van der Waals surface area (Å²) < 4.78 is 13.5. The molecule has 0 spiro atoms. The Hall–Kier alpha value is -0.370. The Morgan fingerprint density at radius 2 is 1.83 bits per heavy atom. The Balaban J connectivity index is 2.25. The van der Waals surface area contributed by atoms with Gasteiger partial charge in [-0.15, -0.1) is 0 Å². The highest BCUT2D eigenvalue weighted by Crippen LogP contribution is 2.49. The molecular formula is C10H10BrF. The third-order valence-electron chi connectivity index (χ3n) is 2.31. The molecule has 0 aromatic heterocycles. The van der Waals surface area contributed by atoms with Gasteiger partial charge in [0.25, 0.3) is 0 Å². The van der Waals surface area contributed by atoms with Crippen LogP contribution in [0.1, 0.15) is 24.0 Å². The van der Waals surface area contributed by atoms with Gasteiger partial charge in [-0.3, -0.25) is 0 Å². The summed E-state index contributed by atoms with van der Waals surface area (Å²) in [6.45, 7) is 0. The molecule has 1 aromatic rings. The summed E-state index contributed by atoms with van der Waals surface area (Å²) in [5, 5.41) is 0.840. The van der Waals surface area contributed by atoms with Crippen LogP contribution in [-0.4, -0.2) is 0 Å². The van der Waals surface area contributed by atoms with E-state index in [9.17, 15) is 4.39 Å². The Bertz CT molecular complexity index is 274. The van der Waals surface area contributed by atoms with Gasteiger partial charge < -0.3 is 0 Å². The normalized spacial score (nSPS) is 19.2. The molecule has 2 heteroatoms. The molecular weight excluding hydrogens is 219 g/mol. The van der Waals surface area contributed by atoms with E-state index in [0.717, 1.165) is 10.9 Å². The van der Waals surface area contributed by atoms with E-state index >= 15 is 0 Å². The average Bonchev–Trinajstić information content (AvgIpc) is 2.85. The Labute approximate surface area is 79.9 Å². The lowest BCUT2D eigenvalue weighted by atomic mass is 10.1. The molecule has 0 amide bonds. The molecule has 0 N–H and O–H groups in total. The van der Waals surface area contributed by atoms with Crippen LogP contribution in [0.25, 0.3) is 0 Å². The van der Waals surface area contributed by atoms with E-state index < -0.39 is 5.67 Å². The standard InChI is InChI=1S/C10H10BrF/c11-7-8-1-3-9(4-2-8)10(12)5-6-10/h1-4H,5-7H2. The summed E-state index contributed by atoms with van der Waals surface area (Å²) in [6.07, 6.45) is 1.39. The molecule has 2 rings (SSSR count). The predicted octanol–water partition coefficient (Wildman–Crippen LogP) is 3.54. The fourth-order valence-corrected chi connectivity index (χ4v) is 1.66. The van der Waals surface area contributed by atoms with Crippen molar-refractivity contribution in [2.24, 2.45) is 0 Å². The first-order valence-electron chi connectivity index (χ1n) is 4.09. The minimum atomic E-state index is -0.981. The summed E-state index contributed by atoms with van der Waals surface area (Å²) in [5.41, 5.74) is 1.06. The molecule has 64 valence electrons. The zero-order valence-electron chi connectivity index (χ0n) is 6.69. The molecule has 0 bridgehead atoms. The molecule has 1 aromatic carbocycles. The Morgan fingerprint density at radius 1 is 1.25 bits per heavy atom. The largest absolute Gasteiger partial charge is 0.239 e. The van der Waals surface area contributed by atoms with Crippen molar-refractivity contribution in [3.05, 3.63) is 35.4 Å². The molecule has 0 radical (unpaired) electrons. The van der Waals surface area contributed by atoms with Crippen molar-refractivity contribution < 1.29 is 4.39 Å². The molecule has 0 aliphatic heterocycles. The second kappa shape index (κ2) is 2.84. The van der Waals surface area contributed by atoms with Crippen molar-refractivity contribution in [1.82, 2.24) is 0 Å². The SMILES string of the molecule is FC1(c2ccc(CBr)cc2)CC1. The van der Waals surface area contributed by atoms with Gasteiger partial charge in [-0.1, -0.05) is 40.2 Å². The highest BCUT2D eigenvalue weighted by Gasteiger charge is 2.44. The van der Waals surface area contributed by atoms with E-state index in [2.05, 4.69) is 15.9 Å². The number of halogens is 2. The second-order valence-electron chi connectivity index (χ2n) is 3.30. The fourth-order valence-electron chi connectivity index (χ4n) is 1.29. The van der Waals surface area contributed by atoms with Crippen LogP contribution < -0.4 is 0 Å². The number of benzene rings is 1. The lowest BCUT2D eigenvalue weighted by molar-refractivity contribution is 0.317. The molecule has 1 saturated carbocycles. The van der Waals surface area contributed by atoms with Gasteiger partial charge in [0.2, 0.25) is 0 Å². The molecule has 1 fully saturated rings. The molecule has 0 atom stereocenters. The molecule has 0 unspecified atom stereocenters. The van der Waals surface area contributed by atoms with Crippen molar-refractivity contribution in [3.8, 4) is 0 Å². The van der Waals surface area contributed by atoms with E-state index in [4.69, 9.17) is 0 Å². The molecule has 1 aliphatic rings. The molecule has 12 heavy (non-hydrogen) atoms. The summed E-state index contributed by atoms with van der Waals surface area (Å²) >= 11 is 3.35. The lowest BCUT2D eigenvalue weighted by Gasteiger charge is -2.04. The van der Waals surface area contributed by atoms with Crippen molar-refractivity contribution in [1.29, 1.82) is 0 Å². The van der Waals surface area contributed by atoms with Crippen molar-refractivity contribution in [2.75, 3.05) is 0 Å². The van der Waals surface area contributed by atoms with Gasteiger partial charge in [0.1, 0.15) is 5.67 Å². The van der Waals surface area contributed by atoms with Crippen LogP contribution in [-0.2, 0) is 11.0 Å². The fraction of sp³-hybridized carbons (Fsp3) is 0.400. The first-order chi connectivity index (χ1) is 5.74. The van der Waals surface area contributed by atoms with Crippen LogP contribution in [0, 0.1) is 0 Å². The Morgan fingerprint density at radius 3 is 2.25 bits per heavy atom. The van der Waals surface area contributed by atoms with Crippen molar-refractivity contribution in [2.45, 2.75) is 23.8 Å². The highest BCUT2D eigenvalue weighted by atomic mass is 79.9. The highest BCUT2D eigenvalue weighted by molar-refractivity contribution is 9.08. The quantitative estimate of drug-likeness (QED) is 0.680. The van der Waals surface area contributed by atoms with Crippen LogP contribution in [0.5, 0.6) is 0 Å². The third-order valence-corrected chi connectivity index (χ3v) is 2.96. The van der Waals surface area contributed by atoms with Crippen LogP contribution in [0.4, 0.5) is 4.39 Å². The second-order valence-corrected chi connectivity index (χ2v) is 3.86. The minimum Gasteiger partial charge on any atom is -0.239 e.